The molecule has 0 radical (unpaired) electrons. The number of carbonyl (C=O) groups is 1. The molecule has 0 fully saturated rings. The molecule has 0 spiro atoms. The molecule has 0 amide bonds. The maximum atomic E-state index is 11.6. The number of aromatic amines is 1. The predicted octanol–water partition coefficient (Wildman–Crippen LogP) is 0.919. The van der Waals surface area contributed by atoms with Crippen LogP contribution in [0, 0.1) is 5.41 Å². The van der Waals surface area contributed by atoms with E-state index in [4.69, 9.17) is 0 Å². The minimum absolute atomic E-state index is 0.177. The fourth-order valence-electron chi connectivity index (χ4n) is 2.20. The van der Waals surface area contributed by atoms with E-state index < -0.39 is 11.4 Å². The van der Waals surface area contributed by atoms with E-state index >= 15 is 0 Å². The second kappa shape index (κ2) is 5.86. The van der Waals surface area contributed by atoms with Crippen LogP contribution < -0.4 is 5.56 Å². The maximum Gasteiger partial charge on any atom is 0.311 e. The number of pyridine rings is 1. The highest BCUT2D eigenvalue weighted by Gasteiger charge is 2.36. The van der Waals surface area contributed by atoms with Crippen molar-refractivity contribution < 1.29 is 9.90 Å². The summed E-state index contributed by atoms with van der Waals surface area (Å²) in [5, 5.41) is 20.9. The summed E-state index contributed by atoms with van der Waals surface area (Å²) in [4.78, 5) is 25.2. The molecular formula is C13H17N5O3. The van der Waals surface area contributed by atoms with Crippen LogP contribution in [0.1, 0.15) is 26.7 Å². The van der Waals surface area contributed by atoms with Gasteiger partial charge in [-0.1, -0.05) is 13.8 Å². The minimum atomic E-state index is -0.910. The maximum absolute atomic E-state index is 11.6. The lowest BCUT2D eigenvalue weighted by Crippen LogP contribution is -2.35. The number of aromatic nitrogens is 5. The Labute approximate surface area is 120 Å². The molecule has 2 N–H and O–H groups in total. The molecule has 0 saturated heterocycles. The highest BCUT2D eigenvalue weighted by atomic mass is 16.4. The molecule has 112 valence electrons. The largest absolute Gasteiger partial charge is 0.481 e. The summed E-state index contributed by atoms with van der Waals surface area (Å²) in [6.45, 7) is 3.85. The molecule has 0 bridgehead atoms. The fraction of sp³-hybridized carbons (Fsp3) is 0.462. The zero-order valence-electron chi connectivity index (χ0n) is 11.9. The average Bonchev–Trinajstić information content (AvgIpc) is 2.93. The van der Waals surface area contributed by atoms with E-state index in [-0.39, 0.29) is 12.1 Å². The first-order valence-electron chi connectivity index (χ1n) is 6.71. The van der Waals surface area contributed by atoms with Gasteiger partial charge in [0.15, 0.2) is 5.82 Å². The normalized spacial score (nSPS) is 11.5. The molecule has 0 aliphatic carbocycles. The van der Waals surface area contributed by atoms with Gasteiger partial charge in [0.1, 0.15) is 0 Å². The highest BCUT2D eigenvalue weighted by Crippen LogP contribution is 2.30. The minimum Gasteiger partial charge on any atom is -0.481 e. The number of nitrogens with one attached hydrogen (secondary N) is 1. The van der Waals surface area contributed by atoms with Crippen LogP contribution in [0.2, 0.25) is 0 Å². The van der Waals surface area contributed by atoms with E-state index in [2.05, 4.69) is 20.5 Å². The number of hydrogen-bond acceptors (Lipinski definition) is 5. The second-order valence-corrected chi connectivity index (χ2v) is 4.89. The van der Waals surface area contributed by atoms with Gasteiger partial charge in [-0.05, 0) is 29.3 Å². The topological polar surface area (TPSA) is 114 Å². The number of carboxylic acids is 1. The third-order valence-electron chi connectivity index (χ3n) is 3.83. The third-order valence-corrected chi connectivity index (χ3v) is 3.83. The lowest BCUT2D eigenvalue weighted by Gasteiger charge is -2.26. The molecule has 0 unspecified atom stereocenters. The molecule has 0 aliphatic heterocycles. The van der Waals surface area contributed by atoms with Crippen LogP contribution in [0.4, 0.5) is 0 Å². The van der Waals surface area contributed by atoms with Crippen LogP contribution in [0.25, 0.3) is 11.4 Å². The van der Waals surface area contributed by atoms with E-state index in [9.17, 15) is 14.7 Å². The van der Waals surface area contributed by atoms with Gasteiger partial charge in [0.25, 0.3) is 0 Å². The Morgan fingerprint density at radius 2 is 2.10 bits per heavy atom. The van der Waals surface area contributed by atoms with Gasteiger partial charge in [-0.25, -0.2) is 4.68 Å². The van der Waals surface area contributed by atoms with Crippen molar-refractivity contribution in [3.63, 3.8) is 0 Å². The molecule has 0 aliphatic rings. The molecule has 2 aromatic heterocycles. The van der Waals surface area contributed by atoms with Crippen molar-refractivity contribution in [2.24, 2.45) is 5.41 Å². The molecule has 21 heavy (non-hydrogen) atoms. The molecule has 0 saturated carbocycles. The van der Waals surface area contributed by atoms with Crippen molar-refractivity contribution in [3.05, 3.63) is 28.7 Å². The molecular weight excluding hydrogens is 274 g/mol. The van der Waals surface area contributed by atoms with Crippen molar-refractivity contribution in [1.29, 1.82) is 0 Å². The number of rotatable bonds is 6. The predicted molar refractivity (Wildman–Crippen MR) is 74.5 cm³/mol. The monoisotopic (exact) mass is 291 g/mol. The van der Waals surface area contributed by atoms with Gasteiger partial charge in [-0.2, -0.15) is 0 Å². The van der Waals surface area contributed by atoms with Crippen molar-refractivity contribution in [3.8, 4) is 11.4 Å². The Balaban J connectivity index is 2.38. The van der Waals surface area contributed by atoms with Gasteiger partial charge >= 0.3 is 5.97 Å². The number of hydrogen-bond donors (Lipinski definition) is 2. The van der Waals surface area contributed by atoms with E-state index in [0.29, 0.717) is 24.2 Å². The van der Waals surface area contributed by atoms with E-state index in [1.54, 1.807) is 6.07 Å². The summed E-state index contributed by atoms with van der Waals surface area (Å²) in [5.74, 6) is -0.436. The quantitative estimate of drug-likeness (QED) is 0.818. The first-order chi connectivity index (χ1) is 10.0. The van der Waals surface area contributed by atoms with E-state index in [1.165, 1.54) is 16.9 Å². The lowest BCUT2D eigenvalue weighted by molar-refractivity contribution is -0.150. The van der Waals surface area contributed by atoms with Gasteiger partial charge < -0.3 is 10.1 Å². The summed E-state index contributed by atoms with van der Waals surface area (Å²) >= 11 is 0. The van der Waals surface area contributed by atoms with E-state index in [1.807, 2.05) is 13.8 Å². The third kappa shape index (κ3) is 2.83. The standard InChI is InChI=1S/C13H17N5O3/c1-3-13(4-2,12(20)21)8-18-11(15-16-17-18)9-5-6-10(19)14-7-9/h5-7H,3-4,8H2,1-2H3,(H,14,19)(H,20,21). The van der Waals surface area contributed by atoms with Crippen LogP contribution in [0.3, 0.4) is 0 Å². The van der Waals surface area contributed by atoms with Gasteiger partial charge in [-0.3, -0.25) is 9.59 Å². The fourth-order valence-corrected chi connectivity index (χ4v) is 2.20. The van der Waals surface area contributed by atoms with Crippen molar-refractivity contribution in [2.75, 3.05) is 0 Å². The Morgan fingerprint density at radius 1 is 1.38 bits per heavy atom. The Kier molecular flexibility index (Phi) is 4.15. The van der Waals surface area contributed by atoms with E-state index in [0.717, 1.165) is 0 Å². The molecule has 2 heterocycles. The van der Waals surface area contributed by atoms with Gasteiger partial charge in [0, 0.05) is 17.8 Å². The first-order valence-corrected chi connectivity index (χ1v) is 6.71. The van der Waals surface area contributed by atoms with Crippen LogP contribution in [-0.2, 0) is 11.3 Å². The molecule has 0 atom stereocenters. The number of nitrogens with zero attached hydrogens (tertiary/aromatic N) is 4. The highest BCUT2D eigenvalue weighted by molar-refractivity contribution is 5.74. The average molecular weight is 291 g/mol. The van der Waals surface area contributed by atoms with Crippen LogP contribution >= 0.6 is 0 Å². The summed E-state index contributed by atoms with van der Waals surface area (Å²) in [7, 11) is 0. The summed E-state index contributed by atoms with van der Waals surface area (Å²) in [6, 6.07) is 2.97. The zero-order chi connectivity index (χ0) is 15.5. The first kappa shape index (κ1) is 14.9. The number of aliphatic carboxylic acids is 1. The molecule has 2 aromatic rings. The zero-order valence-corrected chi connectivity index (χ0v) is 11.9. The number of H-pyrrole nitrogens is 1. The van der Waals surface area contributed by atoms with Gasteiger partial charge in [0.2, 0.25) is 5.56 Å². The molecule has 0 aromatic carbocycles. The van der Waals surface area contributed by atoms with Crippen LogP contribution in [0.15, 0.2) is 23.1 Å². The smallest absolute Gasteiger partial charge is 0.311 e. The van der Waals surface area contributed by atoms with Gasteiger partial charge in [-0.15, -0.1) is 5.10 Å². The summed E-state index contributed by atoms with van der Waals surface area (Å²) < 4.78 is 1.47. The van der Waals surface area contributed by atoms with Crippen molar-refractivity contribution in [2.45, 2.75) is 33.2 Å². The lowest BCUT2D eigenvalue weighted by atomic mass is 9.82. The Morgan fingerprint density at radius 3 is 2.62 bits per heavy atom. The summed E-state index contributed by atoms with van der Waals surface area (Å²) in [6.07, 6.45) is 2.46. The van der Waals surface area contributed by atoms with Crippen molar-refractivity contribution >= 4 is 5.97 Å². The molecule has 8 heteroatoms. The van der Waals surface area contributed by atoms with Gasteiger partial charge in [0.05, 0.1) is 12.0 Å². The van der Waals surface area contributed by atoms with Crippen LogP contribution in [-0.4, -0.2) is 36.3 Å². The Bertz CT molecular complexity index is 667. The molecule has 8 nitrogen and oxygen atoms in total. The number of tetrazole rings is 1. The number of carboxylic acid groups (broad SMARTS) is 1. The van der Waals surface area contributed by atoms with Crippen LogP contribution in [0.5, 0.6) is 0 Å². The SMILES string of the molecule is CCC(CC)(Cn1nnnc1-c1ccc(=O)[nH]c1)C(=O)O. The Hall–Kier alpha value is -2.51. The molecule has 2 rings (SSSR count). The van der Waals surface area contributed by atoms with Crippen molar-refractivity contribution in [1.82, 2.24) is 25.2 Å². The summed E-state index contributed by atoms with van der Waals surface area (Å²) in [5.41, 5.74) is -0.502. The second-order valence-electron chi connectivity index (χ2n) is 4.89.